The number of nitrogens with one attached hydrogen (secondary N) is 1. The number of phenolic OH excluding ortho intramolecular Hbond substituents is 1. The zero-order chi connectivity index (χ0) is 20.9. The van der Waals surface area contributed by atoms with Crippen molar-refractivity contribution >= 4 is 11.6 Å². The Morgan fingerprint density at radius 3 is 2.57 bits per heavy atom. The lowest BCUT2D eigenvalue weighted by molar-refractivity contribution is -0.892. The van der Waals surface area contributed by atoms with E-state index in [1.54, 1.807) is 6.07 Å². The Morgan fingerprint density at radius 2 is 1.83 bits per heavy atom. The third kappa shape index (κ3) is 4.62. The van der Waals surface area contributed by atoms with Crippen LogP contribution in [0.5, 0.6) is 17.2 Å². The SMILES string of the molecule is CCN(C[C@@H]1COc2ccccc2O1)C(=O)C[NH+]1CCN(c2ccccc2O)CC1. The Hall–Kier alpha value is -2.93. The van der Waals surface area contributed by atoms with Crippen LogP contribution >= 0.6 is 0 Å². The number of phenols is 1. The minimum Gasteiger partial charge on any atom is -0.506 e. The number of ether oxygens (including phenoxy) is 2. The van der Waals surface area contributed by atoms with Gasteiger partial charge in [-0.2, -0.15) is 0 Å². The Bertz CT molecular complexity index is 867. The van der Waals surface area contributed by atoms with E-state index in [9.17, 15) is 9.90 Å². The molecule has 7 nitrogen and oxygen atoms in total. The molecule has 0 unspecified atom stereocenters. The second-order valence-corrected chi connectivity index (χ2v) is 7.83. The van der Waals surface area contributed by atoms with Gasteiger partial charge in [0.25, 0.3) is 5.91 Å². The molecule has 0 saturated carbocycles. The van der Waals surface area contributed by atoms with E-state index in [2.05, 4.69) is 4.90 Å². The summed E-state index contributed by atoms with van der Waals surface area (Å²) in [4.78, 5) is 18.2. The van der Waals surface area contributed by atoms with E-state index >= 15 is 0 Å². The number of quaternary nitrogens is 1. The van der Waals surface area contributed by atoms with Crippen molar-refractivity contribution in [2.45, 2.75) is 13.0 Å². The van der Waals surface area contributed by atoms with Gasteiger partial charge in [-0.3, -0.25) is 4.79 Å². The van der Waals surface area contributed by atoms with Crippen molar-refractivity contribution in [3.63, 3.8) is 0 Å². The van der Waals surface area contributed by atoms with Crippen LogP contribution in [0.3, 0.4) is 0 Å². The highest BCUT2D eigenvalue weighted by molar-refractivity contribution is 5.77. The summed E-state index contributed by atoms with van der Waals surface area (Å²) in [5.41, 5.74) is 0.868. The molecule has 0 spiro atoms. The Labute approximate surface area is 177 Å². The largest absolute Gasteiger partial charge is 0.506 e. The van der Waals surface area contributed by atoms with Crippen LogP contribution in [0.25, 0.3) is 0 Å². The molecule has 2 aliphatic heterocycles. The van der Waals surface area contributed by atoms with Gasteiger partial charge in [-0.15, -0.1) is 0 Å². The van der Waals surface area contributed by atoms with Crippen molar-refractivity contribution in [3.8, 4) is 17.2 Å². The van der Waals surface area contributed by atoms with Crippen molar-refractivity contribution in [2.24, 2.45) is 0 Å². The fourth-order valence-electron chi connectivity index (χ4n) is 4.10. The van der Waals surface area contributed by atoms with Crippen molar-refractivity contribution in [2.75, 3.05) is 57.3 Å². The summed E-state index contributed by atoms with van der Waals surface area (Å²) in [5.74, 6) is 1.95. The Kier molecular flexibility index (Phi) is 6.28. The number of likely N-dealkylation sites (N-methyl/N-ethyl adjacent to an activating group) is 1. The van der Waals surface area contributed by atoms with E-state index in [0.29, 0.717) is 32.0 Å². The third-order valence-electron chi connectivity index (χ3n) is 5.82. The van der Waals surface area contributed by atoms with Gasteiger partial charge in [-0.05, 0) is 31.2 Å². The molecule has 160 valence electrons. The van der Waals surface area contributed by atoms with E-state index in [-0.39, 0.29) is 12.0 Å². The number of carbonyl (C=O) groups is 1. The Balaban J connectivity index is 1.27. The third-order valence-corrected chi connectivity index (χ3v) is 5.82. The number of benzene rings is 2. The predicted molar refractivity (Wildman–Crippen MR) is 114 cm³/mol. The number of hydrogen-bond acceptors (Lipinski definition) is 5. The van der Waals surface area contributed by atoms with Crippen LogP contribution in [0.15, 0.2) is 48.5 Å². The van der Waals surface area contributed by atoms with Crippen LogP contribution in [0.2, 0.25) is 0 Å². The van der Waals surface area contributed by atoms with Gasteiger partial charge in [-0.25, -0.2) is 0 Å². The molecular formula is C23H30N3O4+. The molecular weight excluding hydrogens is 382 g/mol. The number of aromatic hydroxyl groups is 1. The van der Waals surface area contributed by atoms with Gasteiger partial charge in [0.15, 0.2) is 24.1 Å². The molecule has 1 saturated heterocycles. The normalized spacial score (nSPS) is 18.8. The summed E-state index contributed by atoms with van der Waals surface area (Å²) in [7, 11) is 0. The molecule has 7 heteroatoms. The molecule has 2 aliphatic rings. The molecule has 0 aromatic heterocycles. The topological polar surface area (TPSA) is 66.7 Å². The minimum atomic E-state index is -0.156. The van der Waals surface area contributed by atoms with Gasteiger partial charge in [0.05, 0.1) is 38.4 Å². The molecule has 2 heterocycles. The molecule has 0 radical (unpaired) electrons. The van der Waals surface area contributed by atoms with Gasteiger partial charge >= 0.3 is 0 Å². The maximum Gasteiger partial charge on any atom is 0.277 e. The molecule has 2 aromatic carbocycles. The number of fused-ring (bicyclic) bond motifs is 1. The van der Waals surface area contributed by atoms with Crippen molar-refractivity contribution in [1.29, 1.82) is 0 Å². The summed E-state index contributed by atoms with van der Waals surface area (Å²) in [6.07, 6.45) is -0.156. The number of para-hydroxylation sites is 4. The van der Waals surface area contributed by atoms with E-state index in [1.807, 2.05) is 54.3 Å². The van der Waals surface area contributed by atoms with Crippen LogP contribution in [0, 0.1) is 0 Å². The van der Waals surface area contributed by atoms with Crippen LogP contribution in [0.4, 0.5) is 5.69 Å². The lowest BCUT2D eigenvalue weighted by Crippen LogP contribution is -3.16. The highest BCUT2D eigenvalue weighted by Gasteiger charge is 2.28. The first-order valence-corrected chi connectivity index (χ1v) is 10.7. The molecule has 1 atom stereocenters. The number of carbonyl (C=O) groups excluding carboxylic acids is 1. The zero-order valence-corrected chi connectivity index (χ0v) is 17.4. The monoisotopic (exact) mass is 412 g/mol. The highest BCUT2D eigenvalue weighted by atomic mass is 16.6. The fraction of sp³-hybridized carbons (Fsp3) is 0.435. The van der Waals surface area contributed by atoms with Gasteiger partial charge < -0.3 is 29.3 Å². The van der Waals surface area contributed by atoms with Crippen molar-refractivity contribution in [1.82, 2.24) is 4.90 Å². The fourth-order valence-corrected chi connectivity index (χ4v) is 4.10. The smallest absolute Gasteiger partial charge is 0.277 e. The lowest BCUT2D eigenvalue weighted by atomic mass is 10.2. The van der Waals surface area contributed by atoms with Gasteiger partial charge in [0.1, 0.15) is 12.4 Å². The first-order valence-electron chi connectivity index (χ1n) is 10.7. The minimum absolute atomic E-state index is 0.144. The molecule has 0 bridgehead atoms. The van der Waals surface area contributed by atoms with Crippen molar-refractivity contribution < 1.29 is 24.3 Å². The molecule has 2 aromatic rings. The maximum absolute atomic E-state index is 12.9. The van der Waals surface area contributed by atoms with E-state index in [0.717, 1.165) is 43.4 Å². The quantitative estimate of drug-likeness (QED) is 0.734. The number of rotatable bonds is 6. The summed E-state index contributed by atoms with van der Waals surface area (Å²) < 4.78 is 11.8. The number of amides is 1. The lowest BCUT2D eigenvalue weighted by Gasteiger charge is -2.35. The van der Waals surface area contributed by atoms with Crippen molar-refractivity contribution in [3.05, 3.63) is 48.5 Å². The second-order valence-electron chi connectivity index (χ2n) is 7.83. The van der Waals surface area contributed by atoms with Gasteiger partial charge in [0, 0.05) is 6.54 Å². The van der Waals surface area contributed by atoms with Crippen LogP contribution in [0.1, 0.15) is 6.92 Å². The number of piperazine rings is 1. The summed E-state index contributed by atoms with van der Waals surface area (Å²) in [6.45, 7) is 7.49. The second kappa shape index (κ2) is 9.26. The predicted octanol–water partition coefficient (Wildman–Crippen LogP) is 0.786. The molecule has 1 fully saturated rings. The van der Waals surface area contributed by atoms with Crippen LogP contribution < -0.4 is 19.3 Å². The van der Waals surface area contributed by atoms with E-state index < -0.39 is 0 Å². The van der Waals surface area contributed by atoms with E-state index in [1.165, 1.54) is 4.90 Å². The number of nitrogens with zero attached hydrogens (tertiary/aromatic N) is 2. The first-order chi connectivity index (χ1) is 14.6. The van der Waals surface area contributed by atoms with Crippen LogP contribution in [-0.4, -0.2) is 74.4 Å². The highest BCUT2D eigenvalue weighted by Crippen LogP contribution is 2.31. The molecule has 0 aliphatic carbocycles. The zero-order valence-electron chi connectivity index (χ0n) is 17.4. The van der Waals surface area contributed by atoms with E-state index in [4.69, 9.17) is 9.47 Å². The standard InChI is InChI=1S/C23H29N3O4/c1-2-25(15-18-17-29-21-9-5-6-10-22(21)30-18)23(28)16-24-11-13-26(14-12-24)19-7-3-4-8-20(19)27/h3-10,18,27H,2,11-17H2,1H3/p+1/t18-/m1/s1. The summed E-state index contributed by atoms with van der Waals surface area (Å²) in [5, 5.41) is 10.1. The van der Waals surface area contributed by atoms with Gasteiger partial charge in [-0.1, -0.05) is 24.3 Å². The Morgan fingerprint density at radius 1 is 1.13 bits per heavy atom. The molecule has 30 heavy (non-hydrogen) atoms. The van der Waals surface area contributed by atoms with Gasteiger partial charge in [0.2, 0.25) is 0 Å². The molecule has 2 N–H and O–H groups in total. The molecule has 1 amide bonds. The number of hydrogen-bond donors (Lipinski definition) is 2. The summed E-state index contributed by atoms with van der Waals surface area (Å²) >= 11 is 0. The maximum atomic E-state index is 12.9. The average Bonchev–Trinajstić information content (AvgIpc) is 2.78. The summed E-state index contributed by atoms with van der Waals surface area (Å²) in [6, 6.07) is 15.1. The van der Waals surface area contributed by atoms with Crippen LogP contribution in [-0.2, 0) is 4.79 Å². The number of anilines is 1. The molecule has 4 rings (SSSR count). The first kappa shape index (κ1) is 20.3. The average molecular weight is 413 g/mol.